The lowest BCUT2D eigenvalue weighted by molar-refractivity contribution is 0.398. The van der Waals surface area contributed by atoms with Crippen LogP contribution >= 0.6 is 0 Å². The Morgan fingerprint density at radius 1 is 1.21 bits per heavy atom. The third kappa shape index (κ3) is 2.19. The van der Waals surface area contributed by atoms with Crippen LogP contribution < -0.4 is 14.8 Å². The second-order valence-electron chi connectivity index (χ2n) is 2.94. The lowest BCUT2D eigenvalue weighted by atomic mass is 10.2. The molecule has 76 valence electrons. The van der Waals surface area contributed by atoms with Gasteiger partial charge >= 0.3 is 0 Å². The molecule has 1 aromatic carbocycles. The van der Waals surface area contributed by atoms with E-state index in [1.54, 1.807) is 14.2 Å². The maximum atomic E-state index is 5.21. The predicted octanol–water partition coefficient (Wildman–Crippen LogP) is 2.65. The summed E-state index contributed by atoms with van der Waals surface area (Å²) in [5.74, 6) is 1.49. The normalized spacial score (nSPS) is 9.36. The fourth-order valence-electron chi connectivity index (χ4n) is 1.19. The van der Waals surface area contributed by atoms with Crippen molar-refractivity contribution in [3.8, 4) is 11.5 Å². The fraction of sp³-hybridized carbons (Fsp3) is 0.273. The number of methoxy groups -OCH3 is 2. The van der Waals surface area contributed by atoms with Gasteiger partial charge in [-0.15, -0.1) is 0 Å². The smallest absolute Gasteiger partial charge is 0.146 e. The summed E-state index contributed by atoms with van der Waals surface area (Å²) >= 11 is 0. The minimum Gasteiger partial charge on any atom is -0.494 e. The van der Waals surface area contributed by atoms with Crippen molar-refractivity contribution >= 4 is 5.69 Å². The molecule has 0 aromatic heterocycles. The first-order valence-corrected chi connectivity index (χ1v) is 4.32. The molecule has 3 heteroatoms. The highest BCUT2D eigenvalue weighted by Gasteiger charge is 2.08. The van der Waals surface area contributed by atoms with Gasteiger partial charge in [-0.3, -0.25) is 0 Å². The van der Waals surface area contributed by atoms with Crippen LogP contribution in [0, 0.1) is 0 Å². The van der Waals surface area contributed by atoms with E-state index in [0.29, 0.717) is 0 Å². The van der Waals surface area contributed by atoms with E-state index in [-0.39, 0.29) is 0 Å². The molecule has 0 saturated carbocycles. The summed E-state index contributed by atoms with van der Waals surface area (Å²) in [5, 5.41) is 3.10. The molecule has 0 aliphatic carbocycles. The average molecular weight is 193 g/mol. The van der Waals surface area contributed by atoms with Gasteiger partial charge in [-0.2, -0.15) is 0 Å². The summed E-state index contributed by atoms with van der Waals surface area (Å²) < 4.78 is 10.4. The quantitative estimate of drug-likeness (QED) is 0.797. The van der Waals surface area contributed by atoms with E-state index in [0.717, 1.165) is 22.9 Å². The Bertz CT molecular complexity index is 312. The van der Waals surface area contributed by atoms with Crippen LogP contribution in [0.3, 0.4) is 0 Å². The van der Waals surface area contributed by atoms with Crippen molar-refractivity contribution in [3.63, 3.8) is 0 Å². The van der Waals surface area contributed by atoms with Crippen LogP contribution in [0.25, 0.3) is 0 Å². The van der Waals surface area contributed by atoms with E-state index >= 15 is 0 Å². The van der Waals surface area contributed by atoms with Gasteiger partial charge < -0.3 is 14.8 Å². The number of benzene rings is 1. The molecule has 0 aliphatic heterocycles. The third-order valence-corrected chi connectivity index (χ3v) is 1.77. The fourth-order valence-corrected chi connectivity index (χ4v) is 1.19. The molecule has 0 spiro atoms. The number of rotatable bonds is 4. The Hall–Kier alpha value is -1.64. The average Bonchev–Trinajstić information content (AvgIpc) is 2.17. The number of ether oxygens (including phenoxy) is 2. The van der Waals surface area contributed by atoms with Gasteiger partial charge in [0, 0.05) is 5.70 Å². The van der Waals surface area contributed by atoms with Gasteiger partial charge in [0.05, 0.1) is 14.2 Å². The van der Waals surface area contributed by atoms with Gasteiger partial charge in [0.1, 0.15) is 17.2 Å². The largest absolute Gasteiger partial charge is 0.494 e. The molecule has 14 heavy (non-hydrogen) atoms. The second kappa shape index (κ2) is 4.56. The molecule has 0 radical (unpaired) electrons. The standard InChI is InChI=1S/C11H15NO2/c1-8(2)12-11-9(13-3)6-5-7-10(11)14-4/h5-7,12H,1H2,2-4H3. The number of hydrogen-bond acceptors (Lipinski definition) is 3. The Kier molecular flexibility index (Phi) is 3.40. The highest BCUT2D eigenvalue weighted by atomic mass is 16.5. The van der Waals surface area contributed by atoms with Crippen molar-refractivity contribution < 1.29 is 9.47 Å². The summed E-state index contributed by atoms with van der Waals surface area (Å²) in [6.07, 6.45) is 0. The molecule has 0 atom stereocenters. The highest BCUT2D eigenvalue weighted by Crippen LogP contribution is 2.34. The lowest BCUT2D eigenvalue weighted by Gasteiger charge is -2.14. The minimum atomic E-state index is 0.743. The summed E-state index contributed by atoms with van der Waals surface area (Å²) in [7, 11) is 3.25. The monoisotopic (exact) mass is 193 g/mol. The minimum absolute atomic E-state index is 0.743. The first-order chi connectivity index (χ1) is 6.69. The maximum Gasteiger partial charge on any atom is 0.146 e. The molecule has 1 N–H and O–H groups in total. The van der Waals surface area contributed by atoms with Crippen molar-refractivity contribution in [2.75, 3.05) is 19.5 Å². The van der Waals surface area contributed by atoms with Crippen molar-refractivity contribution in [3.05, 3.63) is 30.5 Å². The molecule has 0 amide bonds. The van der Waals surface area contributed by atoms with Crippen molar-refractivity contribution in [1.29, 1.82) is 0 Å². The Morgan fingerprint density at radius 3 is 2.07 bits per heavy atom. The second-order valence-corrected chi connectivity index (χ2v) is 2.94. The molecule has 3 nitrogen and oxygen atoms in total. The van der Waals surface area contributed by atoms with Crippen LogP contribution in [0.4, 0.5) is 5.69 Å². The summed E-state index contributed by atoms with van der Waals surface area (Å²) in [5.41, 5.74) is 1.65. The molecule has 0 heterocycles. The molecule has 0 aliphatic rings. The van der Waals surface area contributed by atoms with Crippen LogP contribution in [0.1, 0.15) is 6.92 Å². The predicted molar refractivity (Wildman–Crippen MR) is 58.0 cm³/mol. The van der Waals surface area contributed by atoms with E-state index in [9.17, 15) is 0 Å². The van der Waals surface area contributed by atoms with E-state index < -0.39 is 0 Å². The molecular formula is C11H15NO2. The first-order valence-electron chi connectivity index (χ1n) is 4.32. The summed E-state index contributed by atoms with van der Waals surface area (Å²) in [6, 6.07) is 5.61. The van der Waals surface area contributed by atoms with Crippen LogP contribution in [0.15, 0.2) is 30.5 Å². The van der Waals surface area contributed by atoms with Gasteiger partial charge in [-0.05, 0) is 19.1 Å². The van der Waals surface area contributed by atoms with Crippen LogP contribution in [-0.2, 0) is 0 Å². The molecule has 0 bridgehead atoms. The van der Waals surface area contributed by atoms with E-state index in [4.69, 9.17) is 9.47 Å². The zero-order valence-corrected chi connectivity index (χ0v) is 8.76. The molecule has 1 rings (SSSR count). The molecule has 0 fully saturated rings. The summed E-state index contributed by atoms with van der Waals surface area (Å²) in [4.78, 5) is 0. The highest BCUT2D eigenvalue weighted by molar-refractivity contribution is 5.68. The SMILES string of the molecule is C=C(C)Nc1c(OC)cccc1OC. The molecule has 0 unspecified atom stereocenters. The van der Waals surface area contributed by atoms with Gasteiger partial charge in [0.15, 0.2) is 0 Å². The zero-order chi connectivity index (χ0) is 10.6. The number of anilines is 1. The Balaban J connectivity index is 3.12. The third-order valence-electron chi connectivity index (χ3n) is 1.77. The first kappa shape index (κ1) is 10.4. The Morgan fingerprint density at radius 2 is 1.71 bits per heavy atom. The number of hydrogen-bond donors (Lipinski definition) is 1. The maximum absolute atomic E-state index is 5.21. The van der Waals surface area contributed by atoms with Gasteiger partial charge in [0.2, 0.25) is 0 Å². The van der Waals surface area contributed by atoms with Crippen molar-refractivity contribution in [1.82, 2.24) is 0 Å². The number of nitrogens with one attached hydrogen (secondary N) is 1. The van der Waals surface area contributed by atoms with Crippen molar-refractivity contribution in [2.45, 2.75) is 6.92 Å². The molecule has 1 aromatic rings. The molecule has 0 saturated heterocycles. The topological polar surface area (TPSA) is 30.5 Å². The van der Waals surface area contributed by atoms with E-state index in [1.165, 1.54) is 0 Å². The van der Waals surface area contributed by atoms with Crippen molar-refractivity contribution in [2.24, 2.45) is 0 Å². The molecular weight excluding hydrogens is 178 g/mol. The van der Waals surface area contributed by atoms with E-state index in [2.05, 4.69) is 11.9 Å². The van der Waals surface area contributed by atoms with E-state index in [1.807, 2.05) is 25.1 Å². The zero-order valence-electron chi connectivity index (χ0n) is 8.76. The van der Waals surface area contributed by atoms with Gasteiger partial charge in [-0.25, -0.2) is 0 Å². The van der Waals surface area contributed by atoms with Crippen LogP contribution in [0.5, 0.6) is 11.5 Å². The number of para-hydroxylation sites is 1. The van der Waals surface area contributed by atoms with Crippen LogP contribution in [-0.4, -0.2) is 14.2 Å². The van der Waals surface area contributed by atoms with Crippen LogP contribution in [0.2, 0.25) is 0 Å². The number of allylic oxidation sites excluding steroid dienone is 1. The lowest BCUT2D eigenvalue weighted by Crippen LogP contribution is -1.99. The summed E-state index contributed by atoms with van der Waals surface area (Å²) in [6.45, 7) is 5.66. The Labute approximate surface area is 84.3 Å². The van der Waals surface area contributed by atoms with Gasteiger partial charge in [0.25, 0.3) is 0 Å². The van der Waals surface area contributed by atoms with Gasteiger partial charge in [-0.1, -0.05) is 12.6 Å².